The number of amides is 1. The van der Waals surface area contributed by atoms with Gasteiger partial charge in [-0.05, 0) is 35.9 Å². The first-order valence-corrected chi connectivity index (χ1v) is 9.02. The number of benzene rings is 3. The quantitative estimate of drug-likeness (QED) is 0.465. The fraction of sp³-hybridized carbons (Fsp3) is 0.130. The number of carbonyl (C=O) groups excluding carboxylic acids is 1. The number of rotatable bonds is 8. The lowest BCUT2D eigenvalue weighted by Crippen LogP contribution is -2.18. The normalized spacial score (nSPS) is 10.6. The van der Waals surface area contributed by atoms with E-state index in [0.717, 1.165) is 5.56 Å². The van der Waals surface area contributed by atoms with E-state index in [9.17, 15) is 4.79 Å². The van der Waals surface area contributed by atoms with Gasteiger partial charge in [0.2, 0.25) is 0 Å². The summed E-state index contributed by atoms with van der Waals surface area (Å²) < 4.78 is 16.3. The minimum Gasteiger partial charge on any atom is -0.497 e. The van der Waals surface area contributed by atoms with Gasteiger partial charge in [0.05, 0.1) is 26.0 Å². The van der Waals surface area contributed by atoms with Crippen LogP contribution in [-0.4, -0.2) is 26.3 Å². The van der Waals surface area contributed by atoms with Gasteiger partial charge in [0, 0.05) is 5.56 Å². The average Bonchev–Trinajstić information content (AvgIpc) is 2.78. The Labute approximate surface area is 169 Å². The Balaban J connectivity index is 1.69. The Morgan fingerprint density at radius 1 is 0.931 bits per heavy atom. The molecule has 0 aliphatic heterocycles. The molecule has 0 fully saturated rings. The number of methoxy groups -OCH3 is 2. The van der Waals surface area contributed by atoms with Gasteiger partial charge in [0.25, 0.3) is 5.91 Å². The largest absolute Gasteiger partial charge is 0.497 e. The maximum absolute atomic E-state index is 12.6. The maximum Gasteiger partial charge on any atom is 0.275 e. The first-order chi connectivity index (χ1) is 14.2. The Morgan fingerprint density at radius 3 is 2.45 bits per heavy atom. The summed E-state index contributed by atoms with van der Waals surface area (Å²) in [6.45, 7) is 0.370. The van der Waals surface area contributed by atoms with E-state index in [4.69, 9.17) is 14.2 Å². The van der Waals surface area contributed by atoms with Crippen LogP contribution in [0.4, 0.5) is 0 Å². The average molecular weight is 390 g/mol. The third kappa shape index (κ3) is 5.35. The first kappa shape index (κ1) is 19.9. The van der Waals surface area contributed by atoms with Crippen molar-refractivity contribution in [2.75, 3.05) is 14.2 Å². The second-order valence-electron chi connectivity index (χ2n) is 6.08. The summed E-state index contributed by atoms with van der Waals surface area (Å²) in [5, 5.41) is 4.05. The third-order valence-corrected chi connectivity index (χ3v) is 4.18. The number of hydrogen-bond donors (Lipinski definition) is 1. The molecule has 0 atom stereocenters. The van der Waals surface area contributed by atoms with Gasteiger partial charge in [0.1, 0.15) is 23.9 Å². The molecule has 1 N–H and O–H groups in total. The molecule has 3 aromatic carbocycles. The van der Waals surface area contributed by atoms with Crippen LogP contribution in [0.15, 0.2) is 77.9 Å². The monoisotopic (exact) mass is 390 g/mol. The molecule has 3 aromatic rings. The van der Waals surface area contributed by atoms with Crippen LogP contribution in [-0.2, 0) is 6.61 Å². The van der Waals surface area contributed by atoms with Crippen molar-refractivity contribution in [2.24, 2.45) is 5.10 Å². The van der Waals surface area contributed by atoms with E-state index < -0.39 is 0 Å². The summed E-state index contributed by atoms with van der Waals surface area (Å²) >= 11 is 0. The van der Waals surface area contributed by atoms with Gasteiger partial charge in [-0.15, -0.1) is 0 Å². The minimum atomic E-state index is -0.369. The zero-order valence-corrected chi connectivity index (χ0v) is 16.3. The molecule has 29 heavy (non-hydrogen) atoms. The number of hydrogen-bond acceptors (Lipinski definition) is 5. The third-order valence-electron chi connectivity index (χ3n) is 4.18. The maximum atomic E-state index is 12.6. The van der Waals surface area contributed by atoms with Crippen LogP contribution in [0.3, 0.4) is 0 Å². The fourth-order valence-corrected chi connectivity index (χ4v) is 2.68. The molecule has 0 saturated carbocycles. The summed E-state index contributed by atoms with van der Waals surface area (Å²) in [6, 6.07) is 22.1. The molecule has 0 aliphatic carbocycles. The summed E-state index contributed by atoms with van der Waals surface area (Å²) in [5.74, 6) is 1.41. The molecule has 0 unspecified atom stereocenters. The first-order valence-electron chi connectivity index (χ1n) is 9.02. The van der Waals surface area contributed by atoms with Crippen LogP contribution in [0.5, 0.6) is 17.2 Å². The minimum absolute atomic E-state index is 0.369. The topological polar surface area (TPSA) is 69.2 Å². The molecule has 148 valence electrons. The van der Waals surface area contributed by atoms with Gasteiger partial charge in [-0.2, -0.15) is 5.10 Å². The number of para-hydroxylation sites is 1. The van der Waals surface area contributed by atoms with Crippen molar-refractivity contribution in [3.63, 3.8) is 0 Å². The van der Waals surface area contributed by atoms with Crippen molar-refractivity contribution in [3.05, 3.63) is 89.5 Å². The molecule has 0 heterocycles. The van der Waals surface area contributed by atoms with E-state index in [2.05, 4.69) is 10.5 Å². The number of hydrazone groups is 1. The highest BCUT2D eigenvalue weighted by molar-refractivity contribution is 5.97. The number of ether oxygens (including phenoxy) is 3. The summed E-state index contributed by atoms with van der Waals surface area (Å²) in [5.41, 5.74) is 4.63. The predicted octanol–water partition coefficient (Wildman–Crippen LogP) is 4.05. The van der Waals surface area contributed by atoms with E-state index >= 15 is 0 Å². The second-order valence-corrected chi connectivity index (χ2v) is 6.08. The van der Waals surface area contributed by atoms with Crippen molar-refractivity contribution in [2.45, 2.75) is 6.61 Å². The molecule has 3 rings (SSSR count). The molecule has 6 nitrogen and oxygen atoms in total. The molecule has 6 heteroatoms. The molecule has 0 aromatic heterocycles. The SMILES string of the molecule is COc1ccc(OC)c(/C=N/NC(=O)c2ccccc2OCc2ccccc2)c1. The Kier molecular flexibility index (Phi) is 6.84. The number of nitrogens with one attached hydrogen (secondary N) is 1. The highest BCUT2D eigenvalue weighted by Crippen LogP contribution is 2.22. The van der Waals surface area contributed by atoms with Gasteiger partial charge in [-0.25, -0.2) is 5.43 Å². The lowest BCUT2D eigenvalue weighted by molar-refractivity contribution is 0.0950. The van der Waals surface area contributed by atoms with Gasteiger partial charge in [-0.3, -0.25) is 4.79 Å². The molecule has 0 radical (unpaired) electrons. The van der Waals surface area contributed by atoms with Crippen molar-refractivity contribution < 1.29 is 19.0 Å². The van der Waals surface area contributed by atoms with Crippen molar-refractivity contribution in [1.82, 2.24) is 5.43 Å². The van der Waals surface area contributed by atoms with E-state index in [0.29, 0.717) is 35.0 Å². The zero-order valence-electron chi connectivity index (χ0n) is 16.3. The van der Waals surface area contributed by atoms with Crippen LogP contribution >= 0.6 is 0 Å². The van der Waals surface area contributed by atoms with Crippen LogP contribution in [0.25, 0.3) is 0 Å². The summed E-state index contributed by atoms with van der Waals surface area (Å²) in [7, 11) is 3.15. The molecular weight excluding hydrogens is 368 g/mol. The van der Waals surface area contributed by atoms with Crippen LogP contribution < -0.4 is 19.6 Å². The number of nitrogens with zero attached hydrogens (tertiary/aromatic N) is 1. The van der Waals surface area contributed by atoms with Crippen molar-refractivity contribution in [3.8, 4) is 17.2 Å². The van der Waals surface area contributed by atoms with Gasteiger partial charge >= 0.3 is 0 Å². The Bertz CT molecular complexity index is 987. The highest BCUT2D eigenvalue weighted by atomic mass is 16.5. The van der Waals surface area contributed by atoms with Gasteiger partial charge in [-0.1, -0.05) is 42.5 Å². The predicted molar refractivity (Wildman–Crippen MR) is 112 cm³/mol. The molecule has 1 amide bonds. The van der Waals surface area contributed by atoms with E-state index in [-0.39, 0.29) is 5.91 Å². The van der Waals surface area contributed by atoms with Crippen molar-refractivity contribution >= 4 is 12.1 Å². The molecule has 0 aliphatic rings. The van der Waals surface area contributed by atoms with Gasteiger partial charge < -0.3 is 14.2 Å². The molecule has 0 saturated heterocycles. The zero-order chi connectivity index (χ0) is 20.5. The molecular formula is C23H22N2O4. The van der Waals surface area contributed by atoms with E-state index in [1.54, 1.807) is 50.6 Å². The molecule has 0 spiro atoms. The Morgan fingerprint density at radius 2 is 1.69 bits per heavy atom. The van der Waals surface area contributed by atoms with Crippen molar-refractivity contribution in [1.29, 1.82) is 0 Å². The van der Waals surface area contributed by atoms with Gasteiger partial charge in [0.15, 0.2) is 0 Å². The fourth-order valence-electron chi connectivity index (χ4n) is 2.68. The van der Waals surface area contributed by atoms with E-state index in [1.165, 1.54) is 6.21 Å². The number of carbonyl (C=O) groups is 1. The molecule has 0 bridgehead atoms. The van der Waals surface area contributed by atoms with Crippen LogP contribution in [0.2, 0.25) is 0 Å². The van der Waals surface area contributed by atoms with Crippen LogP contribution in [0, 0.1) is 0 Å². The van der Waals surface area contributed by atoms with Crippen LogP contribution in [0.1, 0.15) is 21.5 Å². The summed E-state index contributed by atoms with van der Waals surface area (Å²) in [6.07, 6.45) is 1.51. The lowest BCUT2D eigenvalue weighted by atomic mass is 10.2. The van der Waals surface area contributed by atoms with E-state index in [1.807, 2.05) is 36.4 Å². The smallest absolute Gasteiger partial charge is 0.275 e. The summed E-state index contributed by atoms with van der Waals surface area (Å²) in [4.78, 5) is 12.6. The standard InChI is InChI=1S/C23H22N2O4/c1-27-19-12-13-21(28-2)18(14-19)15-24-25-23(26)20-10-6-7-11-22(20)29-16-17-8-4-3-5-9-17/h3-15H,16H2,1-2H3,(H,25,26)/b24-15+. The lowest BCUT2D eigenvalue weighted by Gasteiger charge is -2.10. The second kappa shape index (κ2) is 9.94. The highest BCUT2D eigenvalue weighted by Gasteiger charge is 2.12. The Hall–Kier alpha value is -3.80.